The second kappa shape index (κ2) is 4.95. The number of hydrogen-bond acceptors (Lipinski definition) is 3. The first kappa shape index (κ1) is 11.6. The van der Waals surface area contributed by atoms with Crippen LogP contribution in [0.3, 0.4) is 0 Å². The lowest BCUT2D eigenvalue weighted by molar-refractivity contribution is 0.277. The van der Waals surface area contributed by atoms with Crippen molar-refractivity contribution in [2.45, 2.75) is 13.3 Å². The van der Waals surface area contributed by atoms with Crippen LogP contribution in [0.4, 0.5) is 0 Å². The largest absolute Gasteiger partial charge is 0.495 e. The number of nitrogens with two attached hydrogens (primary N) is 1. The Hall–Kier alpha value is -1.90. The summed E-state index contributed by atoms with van der Waals surface area (Å²) in [7, 11) is 1.62. The van der Waals surface area contributed by atoms with Crippen molar-refractivity contribution in [2.75, 3.05) is 7.11 Å². The molecule has 0 radical (unpaired) electrons. The summed E-state index contributed by atoms with van der Waals surface area (Å²) in [5.41, 5.74) is 6.67. The minimum absolute atomic E-state index is 0.272. The molecule has 0 amide bonds. The van der Waals surface area contributed by atoms with Gasteiger partial charge in [0.05, 0.1) is 12.8 Å². The van der Waals surface area contributed by atoms with Crippen molar-refractivity contribution in [1.29, 1.82) is 0 Å². The van der Waals surface area contributed by atoms with Crippen molar-refractivity contribution in [2.24, 2.45) is 11.7 Å². The Balaban J connectivity index is 2.20. The van der Waals surface area contributed by atoms with E-state index in [1.54, 1.807) is 7.11 Å². The molecule has 0 fully saturated rings. The monoisotopic (exact) mass is 231 g/mol. The molecule has 0 spiro atoms. The van der Waals surface area contributed by atoms with Gasteiger partial charge in [0.15, 0.2) is 0 Å². The second-order valence-electron chi connectivity index (χ2n) is 4.16. The number of benzene rings is 1. The van der Waals surface area contributed by atoms with Crippen LogP contribution in [0, 0.1) is 5.92 Å². The molecule has 0 heterocycles. The Kier molecular flexibility index (Phi) is 3.38. The molecule has 0 aromatic heterocycles. The highest BCUT2D eigenvalue weighted by Crippen LogP contribution is 2.28. The number of allylic oxidation sites excluding steroid dienone is 3. The van der Waals surface area contributed by atoms with Crippen LogP contribution < -0.4 is 10.5 Å². The molecule has 1 aliphatic carbocycles. The minimum atomic E-state index is 0.272. The molecule has 0 saturated carbocycles. The van der Waals surface area contributed by atoms with E-state index >= 15 is 0 Å². The number of para-hydroxylation sites is 1. The van der Waals surface area contributed by atoms with Crippen molar-refractivity contribution in [1.82, 2.24) is 0 Å². The maximum absolute atomic E-state index is 5.89. The van der Waals surface area contributed by atoms with E-state index in [9.17, 15) is 0 Å². The lowest BCUT2D eigenvalue weighted by Gasteiger charge is -2.22. The van der Waals surface area contributed by atoms with E-state index < -0.39 is 0 Å². The van der Waals surface area contributed by atoms with Crippen LogP contribution in [0.1, 0.15) is 13.3 Å². The summed E-state index contributed by atoms with van der Waals surface area (Å²) in [6.07, 6.45) is 2.64. The van der Waals surface area contributed by atoms with Gasteiger partial charge in [0.1, 0.15) is 17.3 Å². The van der Waals surface area contributed by atoms with Crippen LogP contribution in [0.25, 0.3) is 0 Å². The highest BCUT2D eigenvalue weighted by Gasteiger charge is 2.20. The molecule has 1 unspecified atom stereocenters. The summed E-state index contributed by atoms with van der Waals surface area (Å²) in [5.74, 6) is 2.70. The predicted molar refractivity (Wildman–Crippen MR) is 67.2 cm³/mol. The zero-order valence-corrected chi connectivity index (χ0v) is 10.1. The molecule has 1 aliphatic rings. The maximum atomic E-state index is 5.89. The molecule has 2 N–H and O–H groups in total. The van der Waals surface area contributed by atoms with Gasteiger partial charge in [-0.3, -0.25) is 0 Å². The van der Waals surface area contributed by atoms with E-state index in [0.717, 1.165) is 23.6 Å². The molecule has 1 aromatic carbocycles. The van der Waals surface area contributed by atoms with Gasteiger partial charge in [-0.05, 0) is 12.1 Å². The first-order valence-electron chi connectivity index (χ1n) is 5.68. The third-order valence-corrected chi connectivity index (χ3v) is 2.80. The van der Waals surface area contributed by atoms with Gasteiger partial charge in [-0.25, -0.2) is 0 Å². The second-order valence-corrected chi connectivity index (χ2v) is 4.16. The fourth-order valence-corrected chi connectivity index (χ4v) is 1.84. The standard InChI is InChI=1S/C14H17NO2/c1-10-8-12(15)14(16-2)9-13(10)17-11-6-4-3-5-7-11/h3-7,9-10H,8,15H2,1-2H3. The Bertz CT molecular complexity index is 449. The molecule has 0 bridgehead atoms. The average molecular weight is 231 g/mol. The van der Waals surface area contributed by atoms with E-state index in [-0.39, 0.29) is 5.92 Å². The van der Waals surface area contributed by atoms with Crippen molar-refractivity contribution >= 4 is 0 Å². The number of ether oxygens (including phenoxy) is 2. The SMILES string of the molecule is COC1=C(N)CC(C)C(Oc2ccccc2)=C1. The van der Waals surface area contributed by atoms with Crippen LogP contribution in [-0.4, -0.2) is 7.11 Å². The van der Waals surface area contributed by atoms with E-state index in [1.165, 1.54) is 0 Å². The molecule has 1 atom stereocenters. The maximum Gasteiger partial charge on any atom is 0.140 e. The number of methoxy groups -OCH3 is 1. The summed E-state index contributed by atoms with van der Waals surface area (Å²) >= 11 is 0. The summed E-state index contributed by atoms with van der Waals surface area (Å²) in [6, 6.07) is 9.73. The van der Waals surface area contributed by atoms with Gasteiger partial charge in [0, 0.05) is 18.4 Å². The van der Waals surface area contributed by atoms with Gasteiger partial charge < -0.3 is 15.2 Å². The first-order chi connectivity index (χ1) is 8.20. The van der Waals surface area contributed by atoms with Gasteiger partial charge >= 0.3 is 0 Å². The molecule has 0 aliphatic heterocycles. The molecular formula is C14H17NO2. The Morgan fingerprint density at radius 3 is 2.59 bits per heavy atom. The molecule has 3 heteroatoms. The summed E-state index contributed by atoms with van der Waals surface area (Å²) in [4.78, 5) is 0. The van der Waals surface area contributed by atoms with Crippen LogP contribution in [0.2, 0.25) is 0 Å². The number of rotatable bonds is 3. The van der Waals surface area contributed by atoms with Crippen molar-refractivity contribution in [3.8, 4) is 5.75 Å². The van der Waals surface area contributed by atoms with Crippen LogP contribution in [0.15, 0.2) is 53.6 Å². The summed E-state index contributed by atoms with van der Waals surface area (Å²) in [5, 5.41) is 0. The third kappa shape index (κ3) is 2.61. The molecule has 0 saturated heterocycles. The molecule has 2 rings (SSSR count). The van der Waals surface area contributed by atoms with Gasteiger partial charge in [0.2, 0.25) is 0 Å². The average Bonchev–Trinajstić information content (AvgIpc) is 2.34. The van der Waals surface area contributed by atoms with E-state index in [2.05, 4.69) is 6.92 Å². The highest BCUT2D eigenvalue weighted by molar-refractivity contribution is 5.31. The van der Waals surface area contributed by atoms with E-state index in [1.807, 2.05) is 36.4 Å². The molecule has 90 valence electrons. The van der Waals surface area contributed by atoms with Gasteiger partial charge in [-0.2, -0.15) is 0 Å². The summed E-state index contributed by atoms with van der Waals surface area (Å²) in [6.45, 7) is 2.09. The fraction of sp³-hybridized carbons (Fsp3) is 0.286. The summed E-state index contributed by atoms with van der Waals surface area (Å²) < 4.78 is 11.1. The highest BCUT2D eigenvalue weighted by atomic mass is 16.5. The molecular weight excluding hydrogens is 214 g/mol. The normalized spacial score (nSPS) is 19.9. The van der Waals surface area contributed by atoms with E-state index in [4.69, 9.17) is 15.2 Å². The zero-order valence-electron chi connectivity index (χ0n) is 10.1. The van der Waals surface area contributed by atoms with E-state index in [0.29, 0.717) is 5.76 Å². The van der Waals surface area contributed by atoms with Gasteiger partial charge in [-0.15, -0.1) is 0 Å². The number of hydrogen-bond donors (Lipinski definition) is 1. The predicted octanol–water partition coefficient (Wildman–Crippen LogP) is 2.81. The Morgan fingerprint density at radius 1 is 1.24 bits per heavy atom. The topological polar surface area (TPSA) is 44.5 Å². The van der Waals surface area contributed by atoms with Gasteiger partial charge in [0.25, 0.3) is 0 Å². The lowest BCUT2D eigenvalue weighted by atomic mass is 9.97. The smallest absolute Gasteiger partial charge is 0.140 e. The van der Waals surface area contributed by atoms with Crippen molar-refractivity contribution < 1.29 is 9.47 Å². The Labute approximate surface area is 102 Å². The van der Waals surface area contributed by atoms with Gasteiger partial charge in [-0.1, -0.05) is 25.1 Å². The Morgan fingerprint density at radius 2 is 1.94 bits per heavy atom. The quantitative estimate of drug-likeness (QED) is 0.870. The zero-order chi connectivity index (χ0) is 12.3. The molecule has 17 heavy (non-hydrogen) atoms. The molecule has 1 aromatic rings. The third-order valence-electron chi connectivity index (χ3n) is 2.80. The van der Waals surface area contributed by atoms with Crippen molar-refractivity contribution in [3.63, 3.8) is 0 Å². The van der Waals surface area contributed by atoms with Crippen LogP contribution >= 0.6 is 0 Å². The first-order valence-corrected chi connectivity index (χ1v) is 5.68. The lowest BCUT2D eigenvalue weighted by Crippen LogP contribution is -2.17. The molecule has 3 nitrogen and oxygen atoms in total. The van der Waals surface area contributed by atoms with Crippen LogP contribution in [0.5, 0.6) is 5.75 Å². The van der Waals surface area contributed by atoms with Crippen LogP contribution in [-0.2, 0) is 4.74 Å². The fourth-order valence-electron chi connectivity index (χ4n) is 1.84. The van der Waals surface area contributed by atoms with Crippen molar-refractivity contribution in [3.05, 3.63) is 53.6 Å². The minimum Gasteiger partial charge on any atom is -0.495 e.